The third-order valence-electron chi connectivity index (χ3n) is 3.17. The van der Waals surface area contributed by atoms with Crippen LogP contribution in [-0.2, 0) is 6.54 Å². The van der Waals surface area contributed by atoms with Crippen LogP contribution < -0.4 is 5.73 Å². The van der Waals surface area contributed by atoms with Crippen LogP contribution in [0.2, 0.25) is 0 Å². The summed E-state index contributed by atoms with van der Waals surface area (Å²) in [6, 6.07) is 4.42. The quantitative estimate of drug-likeness (QED) is 0.638. The summed E-state index contributed by atoms with van der Waals surface area (Å²) in [5.41, 5.74) is 7.15. The first-order chi connectivity index (χ1) is 8.25. The maximum absolute atomic E-state index is 6.00. The number of aromatic nitrogens is 1. The zero-order valence-electron chi connectivity index (χ0n) is 10.3. The fourth-order valence-electron chi connectivity index (χ4n) is 2.17. The summed E-state index contributed by atoms with van der Waals surface area (Å²) in [7, 11) is 1.97. The van der Waals surface area contributed by atoms with Crippen LogP contribution in [0.5, 0.6) is 0 Å². The molecular weight excluding hydrogens is 212 g/mol. The van der Waals surface area contributed by atoms with Gasteiger partial charge >= 0.3 is 0 Å². The largest absolute Gasteiger partial charge is 0.370 e. The van der Waals surface area contributed by atoms with E-state index >= 15 is 0 Å². The second-order valence-electron chi connectivity index (χ2n) is 4.64. The molecular formula is C13H20N4. The van der Waals surface area contributed by atoms with Crippen molar-refractivity contribution in [3.8, 4) is 0 Å². The molecule has 0 amide bonds. The summed E-state index contributed by atoms with van der Waals surface area (Å²) in [6.07, 6.45) is 8.57. The van der Waals surface area contributed by atoms with Crippen LogP contribution in [0.1, 0.15) is 31.2 Å². The van der Waals surface area contributed by atoms with Crippen molar-refractivity contribution in [2.75, 3.05) is 7.05 Å². The number of aliphatic imine (C=N–C) groups is 1. The minimum atomic E-state index is 0.436. The third kappa shape index (κ3) is 3.44. The molecule has 0 aromatic carbocycles. The predicted molar refractivity (Wildman–Crippen MR) is 69.6 cm³/mol. The average Bonchev–Trinajstić information content (AvgIpc) is 2.83. The maximum atomic E-state index is 6.00. The van der Waals surface area contributed by atoms with Crippen LogP contribution in [0.25, 0.3) is 0 Å². The molecule has 1 aliphatic rings. The van der Waals surface area contributed by atoms with Gasteiger partial charge in [0.15, 0.2) is 5.96 Å². The fourth-order valence-corrected chi connectivity index (χ4v) is 2.17. The maximum Gasteiger partial charge on any atom is 0.191 e. The number of nitrogens with zero attached hydrogens (tertiary/aromatic N) is 3. The van der Waals surface area contributed by atoms with Gasteiger partial charge in [-0.1, -0.05) is 18.9 Å². The normalized spacial score (nSPS) is 17.4. The Bertz CT molecular complexity index is 368. The van der Waals surface area contributed by atoms with Gasteiger partial charge in [-0.2, -0.15) is 0 Å². The van der Waals surface area contributed by atoms with E-state index in [9.17, 15) is 0 Å². The number of rotatable bonds is 3. The van der Waals surface area contributed by atoms with E-state index in [0.29, 0.717) is 12.0 Å². The van der Waals surface area contributed by atoms with Gasteiger partial charge in [-0.05, 0) is 24.5 Å². The van der Waals surface area contributed by atoms with Crippen molar-refractivity contribution in [2.45, 2.75) is 38.3 Å². The van der Waals surface area contributed by atoms with Crippen LogP contribution in [-0.4, -0.2) is 28.9 Å². The average molecular weight is 232 g/mol. The Balaban J connectivity index is 1.92. The van der Waals surface area contributed by atoms with E-state index in [-0.39, 0.29) is 0 Å². The predicted octanol–water partition coefficient (Wildman–Crippen LogP) is 1.77. The van der Waals surface area contributed by atoms with E-state index in [1.807, 2.05) is 30.3 Å². The van der Waals surface area contributed by atoms with Gasteiger partial charge in [0.1, 0.15) is 0 Å². The Hall–Kier alpha value is -1.58. The van der Waals surface area contributed by atoms with Crippen molar-refractivity contribution in [2.24, 2.45) is 10.7 Å². The molecule has 1 aromatic rings. The van der Waals surface area contributed by atoms with Crippen molar-refractivity contribution >= 4 is 5.96 Å². The number of guanidine groups is 1. The van der Waals surface area contributed by atoms with E-state index in [0.717, 1.165) is 12.1 Å². The summed E-state index contributed by atoms with van der Waals surface area (Å²) in [4.78, 5) is 10.6. The molecule has 1 aliphatic carbocycles. The minimum absolute atomic E-state index is 0.436. The van der Waals surface area contributed by atoms with Crippen LogP contribution in [0.3, 0.4) is 0 Å². The van der Waals surface area contributed by atoms with Gasteiger partial charge in [0.2, 0.25) is 0 Å². The van der Waals surface area contributed by atoms with Crippen LogP contribution in [0.15, 0.2) is 29.5 Å². The fraction of sp³-hybridized carbons (Fsp3) is 0.538. The number of hydrogen-bond donors (Lipinski definition) is 1. The van der Waals surface area contributed by atoms with Crippen molar-refractivity contribution in [3.05, 3.63) is 30.1 Å². The topological polar surface area (TPSA) is 54.5 Å². The molecule has 2 rings (SSSR count). The highest BCUT2D eigenvalue weighted by Gasteiger charge is 2.15. The Morgan fingerprint density at radius 2 is 2.29 bits per heavy atom. The Morgan fingerprint density at radius 1 is 1.53 bits per heavy atom. The summed E-state index contributed by atoms with van der Waals surface area (Å²) in [5, 5.41) is 0. The van der Waals surface area contributed by atoms with Gasteiger partial charge < -0.3 is 10.6 Å². The highest BCUT2D eigenvalue weighted by atomic mass is 15.2. The van der Waals surface area contributed by atoms with E-state index < -0.39 is 0 Å². The van der Waals surface area contributed by atoms with Gasteiger partial charge in [-0.25, -0.2) is 4.99 Å². The second kappa shape index (κ2) is 5.66. The van der Waals surface area contributed by atoms with Gasteiger partial charge in [-0.15, -0.1) is 0 Å². The molecule has 0 atom stereocenters. The van der Waals surface area contributed by atoms with Gasteiger partial charge in [-0.3, -0.25) is 4.98 Å². The minimum Gasteiger partial charge on any atom is -0.370 e. The smallest absolute Gasteiger partial charge is 0.191 e. The molecule has 0 bridgehead atoms. The molecule has 0 aliphatic heterocycles. The molecule has 0 radical (unpaired) electrons. The molecule has 1 aromatic heterocycles. The highest BCUT2D eigenvalue weighted by molar-refractivity contribution is 5.78. The molecule has 4 heteroatoms. The van der Waals surface area contributed by atoms with E-state index in [2.05, 4.69) is 9.98 Å². The van der Waals surface area contributed by atoms with Crippen LogP contribution in [0, 0.1) is 0 Å². The molecule has 17 heavy (non-hydrogen) atoms. The molecule has 1 fully saturated rings. The summed E-state index contributed by atoms with van der Waals surface area (Å²) < 4.78 is 0. The lowest BCUT2D eigenvalue weighted by Gasteiger charge is -2.19. The monoisotopic (exact) mass is 232 g/mol. The molecule has 92 valence electrons. The summed E-state index contributed by atoms with van der Waals surface area (Å²) >= 11 is 0. The van der Waals surface area contributed by atoms with Crippen LogP contribution in [0.4, 0.5) is 0 Å². The Labute approximate surface area is 103 Å². The SMILES string of the molecule is CN(Cc1cccnc1)C(N)=NC1CCCC1. The van der Waals surface area contributed by atoms with E-state index in [1.165, 1.54) is 25.7 Å². The van der Waals surface area contributed by atoms with Crippen molar-refractivity contribution < 1.29 is 0 Å². The summed E-state index contributed by atoms with van der Waals surface area (Å²) in [6.45, 7) is 0.760. The lowest BCUT2D eigenvalue weighted by Crippen LogP contribution is -2.34. The lowest BCUT2D eigenvalue weighted by molar-refractivity contribution is 0.485. The van der Waals surface area contributed by atoms with Crippen molar-refractivity contribution in [3.63, 3.8) is 0 Å². The van der Waals surface area contributed by atoms with Crippen molar-refractivity contribution in [1.82, 2.24) is 9.88 Å². The van der Waals surface area contributed by atoms with E-state index in [4.69, 9.17) is 5.73 Å². The van der Waals surface area contributed by atoms with Crippen molar-refractivity contribution in [1.29, 1.82) is 0 Å². The zero-order chi connectivity index (χ0) is 12.1. The molecule has 4 nitrogen and oxygen atoms in total. The first kappa shape index (κ1) is 11.9. The first-order valence-corrected chi connectivity index (χ1v) is 6.19. The van der Waals surface area contributed by atoms with Crippen LogP contribution >= 0.6 is 0 Å². The number of hydrogen-bond acceptors (Lipinski definition) is 2. The Kier molecular flexibility index (Phi) is 3.96. The number of pyridine rings is 1. The lowest BCUT2D eigenvalue weighted by atomic mass is 10.2. The standard InChI is InChI=1S/C13H20N4/c1-17(10-11-5-4-8-15-9-11)13(14)16-12-6-2-3-7-12/h4-5,8-9,12H,2-3,6-7,10H2,1H3,(H2,14,16). The zero-order valence-corrected chi connectivity index (χ0v) is 10.3. The molecule has 1 saturated carbocycles. The second-order valence-corrected chi connectivity index (χ2v) is 4.64. The highest BCUT2D eigenvalue weighted by Crippen LogP contribution is 2.20. The van der Waals surface area contributed by atoms with E-state index in [1.54, 1.807) is 6.20 Å². The van der Waals surface area contributed by atoms with Gasteiger partial charge in [0.25, 0.3) is 0 Å². The molecule has 0 saturated heterocycles. The molecule has 0 spiro atoms. The molecule has 0 unspecified atom stereocenters. The third-order valence-corrected chi connectivity index (χ3v) is 3.17. The van der Waals surface area contributed by atoms with Gasteiger partial charge in [0.05, 0.1) is 6.04 Å². The Morgan fingerprint density at radius 3 is 2.94 bits per heavy atom. The number of nitrogens with two attached hydrogens (primary N) is 1. The molecule has 2 N–H and O–H groups in total. The first-order valence-electron chi connectivity index (χ1n) is 6.19. The molecule has 1 heterocycles. The summed E-state index contributed by atoms with van der Waals surface area (Å²) in [5.74, 6) is 0.640. The van der Waals surface area contributed by atoms with Gasteiger partial charge in [0, 0.05) is 26.0 Å².